The Morgan fingerprint density at radius 1 is 1.30 bits per heavy atom. The molecule has 1 amide bonds. The number of halogens is 1. The van der Waals surface area contributed by atoms with Crippen molar-refractivity contribution in [3.05, 3.63) is 53.1 Å². The summed E-state index contributed by atoms with van der Waals surface area (Å²) < 4.78 is 5.81. The summed E-state index contributed by atoms with van der Waals surface area (Å²) in [6, 6.07) is 13.1. The Morgan fingerprint density at radius 2 is 2.09 bits per heavy atom. The van der Waals surface area contributed by atoms with E-state index in [0.717, 1.165) is 16.1 Å². The first kappa shape index (κ1) is 17.7. The van der Waals surface area contributed by atoms with Gasteiger partial charge >= 0.3 is 0 Å². The fourth-order valence-electron chi connectivity index (χ4n) is 2.10. The molecule has 0 bridgehead atoms. The van der Waals surface area contributed by atoms with Crippen LogP contribution >= 0.6 is 23.4 Å². The predicted octanol–water partition coefficient (Wildman–Crippen LogP) is 5.17. The SMILES string of the molecule is CC[C@H](Oc1ccc(Cl)c(C)c1)C(=O)Nc1cccc(SC)c1. The Bertz CT molecular complexity index is 690. The molecule has 1 atom stereocenters. The van der Waals surface area contributed by atoms with E-state index < -0.39 is 6.10 Å². The van der Waals surface area contributed by atoms with Gasteiger partial charge in [-0.05, 0) is 61.6 Å². The van der Waals surface area contributed by atoms with Crippen LogP contribution in [0.2, 0.25) is 5.02 Å². The van der Waals surface area contributed by atoms with Crippen LogP contribution in [0.1, 0.15) is 18.9 Å². The number of anilines is 1. The number of aryl methyl sites for hydroxylation is 1. The van der Waals surface area contributed by atoms with Crippen molar-refractivity contribution < 1.29 is 9.53 Å². The van der Waals surface area contributed by atoms with Crippen LogP contribution in [-0.4, -0.2) is 18.3 Å². The van der Waals surface area contributed by atoms with Crippen molar-refractivity contribution in [3.8, 4) is 5.75 Å². The normalized spacial score (nSPS) is 11.8. The van der Waals surface area contributed by atoms with Gasteiger partial charge in [0, 0.05) is 15.6 Å². The molecule has 0 spiro atoms. The number of ether oxygens (including phenoxy) is 1. The summed E-state index contributed by atoms with van der Waals surface area (Å²) >= 11 is 7.65. The number of rotatable bonds is 6. The van der Waals surface area contributed by atoms with Gasteiger partial charge in [-0.3, -0.25) is 4.79 Å². The molecule has 2 aromatic rings. The molecule has 0 aliphatic carbocycles. The first-order valence-corrected chi connectivity index (χ1v) is 9.01. The summed E-state index contributed by atoms with van der Waals surface area (Å²) in [6.07, 6.45) is 2.03. The number of hydrogen-bond acceptors (Lipinski definition) is 3. The quantitative estimate of drug-likeness (QED) is 0.731. The topological polar surface area (TPSA) is 38.3 Å². The van der Waals surface area contributed by atoms with Crippen LogP contribution in [0.4, 0.5) is 5.69 Å². The molecule has 0 saturated heterocycles. The lowest BCUT2D eigenvalue weighted by Crippen LogP contribution is -2.32. The van der Waals surface area contributed by atoms with Crippen LogP contribution in [0, 0.1) is 6.92 Å². The number of hydrogen-bond donors (Lipinski definition) is 1. The first-order valence-electron chi connectivity index (χ1n) is 7.41. The lowest BCUT2D eigenvalue weighted by molar-refractivity contribution is -0.122. The van der Waals surface area contributed by atoms with Crippen LogP contribution in [-0.2, 0) is 4.79 Å². The van der Waals surface area contributed by atoms with Crippen LogP contribution in [0.3, 0.4) is 0 Å². The highest BCUT2D eigenvalue weighted by molar-refractivity contribution is 7.98. The molecule has 5 heteroatoms. The van der Waals surface area contributed by atoms with Gasteiger partial charge < -0.3 is 10.1 Å². The van der Waals surface area contributed by atoms with Crippen molar-refractivity contribution in [2.75, 3.05) is 11.6 Å². The monoisotopic (exact) mass is 349 g/mol. The third-order valence-electron chi connectivity index (χ3n) is 3.41. The fraction of sp³-hybridized carbons (Fsp3) is 0.278. The van der Waals surface area contributed by atoms with E-state index in [0.29, 0.717) is 17.2 Å². The zero-order valence-corrected chi connectivity index (χ0v) is 15.0. The second-order valence-corrected chi connectivity index (χ2v) is 6.43. The van der Waals surface area contributed by atoms with Crippen LogP contribution in [0.15, 0.2) is 47.4 Å². The number of amides is 1. The van der Waals surface area contributed by atoms with Gasteiger partial charge in [0.2, 0.25) is 0 Å². The molecule has 0 radical (unpaired) electrons. The van der Waals surface area contributed by atoms with Gasteiger partial charge in [-0.2, -0.15) is 0 Å². The molecule has 0 aliphatic rings. The Labute approximate surface area is 146 Å². The average Bonchev–Trinajstić information content (AvgIpc) is 2.55. The van der Waals surface area contributed by atoms with E-state index in [2.05, 4.69) is 5.32 Å². The minimum atomic E-state index is -0.548. The van der Waals surface area contributed by atoms with Gasteiger partial charge in [-0.15, -0.1) is 11.8 Å². The second-order valence-electron chi connectivity index (χ2n) is 5.15. The molecule has 1 N–H and O–H groups in total. The highest BCUT2D eigenvalue weighted by Gasteiger charge is 2.19. The zero-order chi connectivity index (χ0) is 16.8. The Morgan fingerprint density at radius 3 is 2.74 bits per heavy atom. The van der Waals surface area contributed by atoms with Gasteiger partial charge in [-0.1, -0.05) is 24.6 Å². The summed E-state index contributed by atoms with van der Waals surface area (Å²) in [5.41, 5.74) is 1.70. The molecule has 0 heterocycles. The summed E-state index contributed by atoms with van der Waals surface area (Å²) in [6.45, 7) is 3.83. The summed E-state index contributed by atoms with van der Waals surface area (Å²) in [5.74, 6) is 0.491. The van der Waals surface area contributed by atoms with Crippen molar-refractivity contribution >= 4 is 35.0 Å². The summed E-state index contributed by atoms with van der Waals surface area (Å²) in [7, 11) is 0. The predicted molar refractivity (Wildman–Crippen MR) is 97.7 cm³/mol. The standard InChI is InChI=1S/C18H20ClNO2S/c1-4-17(22-14-8-9-16(19)12(2)10-14)18(21)20-13-6-5-7-15(11-13)23-3/h5-11,17H,4H2,1-3H3,(H,20,21)/t17-/m0/s1. The van der Waals surface area contributed by atoms with Crippen molar-refractivity contribution in [2.24, 2.45) is 0 Å². The van der Waals surface area contributed by atoms with E-state index in [-0.39, 0.29) is 5.91 Å². The van der Waals surface area contributed by atoms with Gasteiger partial charge in [0.05, 0.1) is 0 Å². The van der Waals surface area contributed by atoms with Crippen molar-refractivity contribution in [2.45, 2.75) is 31.3 Å². The molecule has 0 aliphatic heterocycles. The van der Waals surface area contributed by atoms with E-state index in [9.17, 15) is 4.79 Å². The summed E-state index contributed by atoms with van der Waals surface area (Å²) in [4.78, 5) is 13.5. The third kappa shape index (κ3) is 4.91. The van der Waals surface area contributed by atoms with E-state index in [1.165, 1.54) is 0 Å². The second kappa shape index (κ2) is 8.27. The zero-order valence-electron chi connectivity index (χ0n) is 13.4. The van der Waals surface area contributed by atoms with Gasteiger partial charge in [0.15, 0.2) is 6.10 Å². The highest BCUT2D eigenvalue weighted by atomic mass is 35.5. The lowest BCUT2D eigenvalue weighted by Gasteiger charge is -2.18. The van der Waals surface area contributed by atoms with Crippen molar-refractivity contribution in [3.63, 3.8) is 0 Å². The smallest absolute Gasteiger partial charge is 0.265 e. The van der Waals surface area contributed by atoms with E-state index in [4.69, 9.17) is 16.3 Å². The molecule has 23 heavy (non-hydrogen) atoms. The van der Waals surface area contributed by atoms with E-state index >= 15 is 0 Å². The lowest BCUT2D eigenvalue weighted by atomic mass is 10.2. The Hall–Kier alpha value is -1.65. The number of carbonyl (C=O) groups is 1. The number of carbonyl (C=O) groups excluding carboxylic acids is 1. The maximum atomic E-state index is 12.4. The van der Waals surface area contributed by atoms with Gasteiger partial charge in [0.1, 0.15) is 5.75 Å². The number of nitrogens with one attached hydrogen (secondary N) is 1. The third-order valence-corrected chi connectivity index (χ3v) is 4.56. The minimum absolute atomic E-state index is 0.154. The molecular formula is C18H20ClNO2S. The minimum Gasteiger partial charge on any atom is -0.481 e. The first-order chi connectivity index (χ1) is 11.0. The van der Waals surface area contributed by atoms with E-state index in [1.54, 1.807) is 23.9 Å². The molecule has 2 aromatic carbocycles. The van der Waals surface area contributed by atoms with Gasteiger partial charge in [0.25, 0.3) is 5.91 Å². The number of benzene rings is 2. The maximum Gasteiger partial charge on any atom is 0.265 e. The maximum absolute atomic E-state index is 12.4. The van der Waals surface area contributed by atoms with Crippen molar-refractivity contribution in [1.29, 1.82) is 0 Å². The molecule has 0 saturated carbocycles. The van der Waals surface area contributed by atoms with Crippen LogP contribution in [0.25, 0.3) is 0 Å². The Kier molecular flexibility index (Phi) is 6.37. The largest absolute Gasteiger partial charge is 0.481 e. The molecule has 122 valence electrons. The fourth-order valence-corrected chi connectivity index (χ4v) is 2.68. The van der Waals surface area contributed by atoms with Crippen molar-refractivity contribution in [1.82, 2.24) is 0 Å². The molecular weight excluding hydrogens is 330 g/mol. The summed E-state index contributed by atoms with van der Waals surface area (Å²) in [5, 5.41) is 3.59. The molecule has 3 nitrogen and oxygen atoms in total. The molecule has 0 unspecified atom stereocenters. The van der Waals surface area contributed by atoms with Crippen LogP contribution < -0.4 is 10.1 Å². The highest BCUT2D eigenvalue weighted by Crippen LogP contribution is 2.23. The molecule has 2 rings (SSSR count). The van der Waals surface area contributed by atoms with Crippen LogP contribution in [0.5, 0.6) is 5.75 Å². The van der Waals surface area contributed by atoms with E-state index in [1.807, 2.05) is 50.4 Å². The molecule has 0 aromatic heterocycles. The Balaban J connectivity index is 2.07. The van der Waals surface area contributed by atoms with Gasteiger partial charge in [-0.25, -0.2) is 0 Å². The average molecular weight is 350 g/mol. The molecule has 0 fully saturated rings. The number of thioether (sulfide) groups is 1.